The average Bonchev–Trinajstić information content (AvgIpc) is 2.92. The Morgan fingerprint density at radius 1 is 0.875 bits per heavy atom. The highest BCUT2D eigenvalue weighted by Crippen LogP contribution is 2.25. The van der Waals surface area contributed by atoms with Gasteiger partial charge in [-0.15, -0.1) is 0 Å². The molecule has 1 N–H and O–H groups in total. The van der Waals surface area contributed by atoms with Crippen LogP contribution in [0.25, 0.3) is 0 Å². The van der Waals surface area contributed by atoms with Gasteiger partial charge in [0.15, 0.2) is 0 Å². The minimum absolute atomic E-state index is 0.130. The number of carbonyl (C=O) groups is 2. The first-order valence-electron chi connectivity index (χ1n) is 13.4. The number of rotatable bonds is 12. The third kappa shape index (κ3) is 7.91. The summed E-state index contributed by atoms with van der Waals surface area (Å²) in [5, 5.41) is 2.92. The summed E-state index contributed by atoms with van der Waals surface area (Å²) in [6.07, 6.45) is 0.344. The van der Waals surface area contributed by atoms with Gasteiger partial charge < -0.3 is 10.2 Å². The lowest BCUT2D eigenvalue weighted by molar-refractivity contribution is -0.140. The fraction of sp³-hybridized carbons (Fsp3) is 0.355. The second-order valence-corrected chi connectivity index (χ2v) is 12.2. The smallest absolute Gasteiger partial charge is 0.264 e. The SMILES string of the molecule is CC[C@H](C(=O)NCC(C)C)N(Cc1ccc(C)cc1)C(=O)CN(c1ccc(C)cc1)S(=O)(=O)c1ccc(F)cc1. The molecule has 0 fully saturated rings. The van der Waals surface area contributed by atoms with Crippen LogP contribution in [0.3, 0.4) is 0 Å². The third-order valence-corrected chi connectivity index (χ3v) is 8.33. The molecule has 9 heteroatoms. The molecule has 1 atom stereocenters. The number of nitrogens with zero attached hydrogens (tertiary/aromatic N) is 2. The van der Waals surface area contributed by atoms with Crippen molar-refractivity contribution in [3.05, 3.63) is 95.3 Å². The number of halogens is 1. The molecular formula is C31H38FN3O4S. The molecule has 0 bridgehead atoms. The maximum absolute atomic E-state index is 14.0. The van der Waals surface area contributed by atoms with Gasteiger partial charge in [0, 0.05) is 13.1 Å². The predicted octanol–water partition coefficient (Wildman–Crippen LogP) is 5.22. The van der Waals surface area contributed by atoms with Crippen LogP contribution in [0.1, 0.15) is 43.9 Å². The molecule has 40 heavy (non-hydrogen) atoms. The molecule has 2 amide bonds. The summed E-state index contributed by atoms with van der Waals surface area (Å²) in [5.74, 6) is -1.17. The first-order valence-corrected chi connectivity index (χ1v) is 14.8. The van der Waals surface area contributed by atoms with Gasteiger partial charge in [-0.1, -0.05) is 68.3 Å². The fourth-order valence-electron chi connectivity index (χ4n) is 4.21. The Bertz CT molecular complexity index is 1390. The van der Waals surface area contributed by atoms with Crippen LogP contribution >= 0.6 is 0 Å². The molecule has 0 aliphatic heterocycles. The van der Waals surface area contributed by atoms with Crippen molar-refractivity contribution in [2.75, 3.05) is 17.4 Å². The van der Waals surface area contributed by atoms with Crippen LogP contribution in [0.15, 0.2) is 77.7 Å². The third-order valence-electron chi connectivity index (χ3n) is 6.55. The molecule has 3 rings (SSSR count). The molecular weight excluding hydrogens is 529 g/mol. The zero-order chi connectivity index (χ0) is 29.4. The maximum Gasteiger partial charge on any atom is 0.264 e. The van der Waals surface area contributed by atoms with Gasteiger partial charge in [-0.25, -0.2) is 12.8 Å². The van der Waals surface area contributed by atoms with Gasteiger partial charge in [0.05, 0.1) is 10.6 Å². The summed E-state index contributed by atoms with van der Waals surface area (Å²) in [4.78, 5) is 28.6. The molecule has 214 valence electrons. The Kier molecular flexibility index (Phi) is 10.5. The molecule has 0 aliphatic rings. The van der Waals surface area contributed by atoms with Crippen LogP contribution in [-0.2, 0) is 26.2 Å². The number of amides is 2. The van der Waals surface area contributed by atoms with Crippen LogP contribution in [0, 0.1) is 25.6 Å². The lowest BCUT2D eigenvalue weighted by atomic mass is 10.1. The monoisotopic (exact) mass is 567 g/mol. The van der Waals surface area contributed by atoms with Crippen molar-refractivity contribution in [2.24, 2.45) is 5.92 Å². The number of benzene rings is 3. The van der Waals surface area contributed by atoms with Gasteiger partial charge in [0.25, 0.3) is 10.0 Å². The Labute approximate surface area is 237 Å². The van der Waals surface area contributed by atoms with Gasteiger partial charge in [0.2, 0.25) is 11.8 Å². The van der Waals surface area contributed by atoms with E-state index in [-0.39, 0.29) is 29.0 Å². The summed E-state index contributed by atoms with van der Waals surface area (Å²) >= 11 is 0. The largest absolute Gasteiger partial charge is 0.354 e. The Morgan fingerprint density at radius 3 is 1.95 bits per heavy atom. The Morgan fingerprint density at radius 2 is 1.43 bits per heavy atom. The van der Waals surface area contributed by atoms with Crippen LogP contribution < -0.4 is 9.62 Å². The van der Waals surface area contributed by atoms with Crippen LogP contribution in [0.5, 0.6) is 0 Å². The molecule has 3 aromatic rings. The van der Waals surface area contributed by atoms with Crippen molar-refractivity contribution in [2.45, 2.75) is 58.5 Å². The summed E-state index contributed by atoms with van der Waals surface area (Å²) in [6.45, 7) is 9.66. The van der Waals surface area contributed by atoms with Gasteiger partial charge in [0.1, 0.15) is 18.4 Å². The summed E-state index contributed by atoms with van der Waals surface area (Å²) in [7, 11) is -4.25. The van der Waals surface area contributed by atoms with E-state index in [9.17, 15) is 22.4 Å². The van der Waals surface area contributed by atoms with E-state index in [1.54, 1.807) is 24.3 Å². The highest BCUT2D eigenvalue weighted by molar-refractivity contribution is 7.92. The van der Waals surface area contributed by atoms with E-state index in [1.165, 1.54) is 17.0 Å². The summed E-state index contributed by atoms with van der Waals surface area (Å²) < 4.78 is 42.2. The first kappa shape index (κ1) is 30.8. The van der Waals surface area contributed by atoms with Crippen LogP contribution in [0.2, 0.25) is 0 Å². The van der Waals surface area contributed by atoms with E-state index in [0.29, 0.717) is 13.0 Å². The lowest BCUT2D eigenvalue weighted by Crippen LogP contribution is -2.52. The van der Waals surface area contributed by atoms with Gasteiger partial charge in [-0.3, -0.25) is 13.9 Å². The van der Waals surface area contributed by atoms with E-state index >= 15 is 0 Å². The number of anilines is 1. The normalized spacial score (nSPS) is 12.2. The van der Waals surface area contributed by atoms with Crippen molar-refractivity contribution >= 4 is 27.5 Å². The van der Waals surface area contributed by atoms with Crippen molar-refractivity contribution < 1.29 is 22.4 Å². The summed E-state index contributed by atoms with van der Waals surface area (Å²) in [6, 6.07) is 18.1. The van der Waals surface area contributed by atoms with E-state index in [1.807, 2.05) is 58.9 Å². The van der Waals surface area contributed by atoms with Crippen molar-refractivity contribution in [1.82, 2.24) is 10.2 Å². The molecule has 0 aromatic heterocycles. The number of aryl methyl sites for hydroxylation is 2. The molecule has 0 radical (unpaired) electrons. The van der Waals surface area contributed by atoms with Gasteiger partial charge in [-0.2, -0.15) is 0 Å². The molecule has 0 saturated heterocycles. The topological polar surface area (TPSA) is 86.8 Å². The second-order valence-electron chi connectivity index (χ2n) is 10.4. The molecule has 0 heterocycles. The average molecular weight is 568 g/mol. The quantitative estimate of drug-likeness (QED) is 0.325. The predicted molar refractivity (Wildman–Crippen MR) is 156 cm³/mol. The Hall–Kier alpha value is -3.72. The number of nitrogens with one attached hydrogen (secondary N) is 1. The minimum atomic E-state index is -4.25. The lowest BCUT2D eigenvalue weighted by Gasteiger charge is -2.33. The van der Waals surface area contributed by atoms with E-state index < -0.39 is 34.3 Å². The zero-order valence-electron chi connectivity index (χ0n) is 23.7. The molecule has 0 unspecified atom stereocenters. The Balaban J connectivity index is 2.03. The molecule has 7 nitrogen and oxygen atoms in total. The molecule has 0 spiro atoms. The van der Waals surface area contributed by atoms with E-state index in [4.69, 9.17) is 0 Å². The molecule has 0 aliphatic carbocycles. The molecule has 3 aromatic carbocycles. The number of carbonyl (C=O) groups excluding carboxylic acids is 2. The number of hydrogen-bond donors (Lipinski definition) is 1. The van der Waals surface area contributed by atoms with Crippen molar-refractivity contribution in [3.8, 4) is 0 Å². The van der Waals surface area contributed by atoms with E-state index in [0.717, 1.165) is 33.1 Å². The number of sulfonamides is 1. The second kappa shape index (κ2) is 13.6. The van der Waals surface area contributed by atoms with Crippen LogP contribution in [0.4, 0.5) is 10.1 Å². The highest BCUT2D eigenvalue weighted by atomic mass is 32.2. The highest BCUT2D eigenvalue weighted by Gasteiger charge is 2.33. The zero-order valence-corrected chi connectivity index (χ0v) is 24.5. The number of hydrogen-bond acceptors (Lipinski definition) is 4. The van der Waals surface area contributed by atoms with Crippen molar-refractivity contribution in [1.29, 1.82) is 0 Å². The van der Waals surface area contributed by atoms with Gasteiger partial charge >= 0.3 is 0 Å². The van der Waals surface area contributed by atoms with Crippen molar-refractivity contribution in [3.63, 3.8) is 0 Å². The first-order chi connectivity index (χ1) is 18.9. The molecule has 0 saturated carbocycles. The summed E-state index contributed by atoms with van der Waals surface area (Å²) in [5.41, 5.74) is 3.08. The van der Waals surface area contributed by atoms with Crippen LogP contribution in [-0.4, -0.2) is 44.3 Å². The fourth-order valence-corrected chi connectivity index (χ4v) is 5.62. The minimum Gasteiger partial charge on any atom is -0.354 e. The standard InChI is InChI=1S/C31H38FN3O4S/c1-6-29(31(37)33-19-22(2)3)34(20-25-11-7-23(4)8-12-25)30(36)21-35(27-15-9-24(5)10-16-27)40(38,39)28-17-13-26(32)14-18-28/h7-18,22,29H,6,19-21H2,1-5H3,(H,33,37)/t29-/m1/s1. The van der Waals surface area contributed by atoms with E-state index in [2.05, 4.69) is 5.32 Å². The maximum atomic E-state index is 14.0. The van der Waals surface area contributed by atoms with Gasteiger partial charge in [-0.05, 0) is 68.1 Å².